The summed E-state index contributed by atoms with van der Waals surface area (Å²) < 4.78 is 9.71. The second-order valence-electron chi connectivity index (χ2n) is 3.13. The number of carbonyl (C=O) groups is 1. The summed E-state index contributed by atoms with van der Waals surface area (Å²) in [5.74, 6) is 0.520. The summed E-state index contributed by atoms with van der Waals surface area (Å²) in [6, 6.07) is 4.82. The van der Waals surface area contributed by atoms with E-state index in [0.29, 0.717) is 22.8 Å². The number of hydrogen-bond donors (Lipinski definition) is 1. The maximum Gasteiger partial charge on any atom is 0.337 e. The molecule has 0 atom stereocenters. The first-order valence-electron chi connectivity index (χ1n) is 4.65. The third kappa shape index (κ3) is 2.73. The lowest BCUT2D eigenvalue weighted by Crippen LogP contribution is -2.05. The Morgan fingerprint density at radius 1 is 1.38 bits per heavy atom. The largest absolute Gasteiger partial charge is 0.494 e. The molecular formula is C11H14N2O3. The number of nitrogens with zero attached hydrogens (tertiary/aromatic N) is 1. The number of carbonyl (C=O) groups excluding carboxylic acids is 1. The van der Waals surface area contributed by atoms with E-state index in [9.17, 15) is 4.79 Å². The SMILES string of the molecule is COC(=O)c1ccc(OC)c(N=C(C)N)c1. The summed E-state index contributed by atoms with van der Waals surface area (Å²) in [6.45, 7) is 1.66. The fourth-order valence-electron chi connectivity index (χ4n) is 1.21. The zero-order valence-electron chi connectivity index (χ0n) is 9.48. The molecule has 0 saturated heterocycles. The Labute approximate surface area is 93.9 Å². The number of aliphatic imine (C=N–C) groups is 1. The maximum absolute atomic E-state index is 11.3. The average molecular weight is 222 g/mol. The van der Waals surface area contributed by atoms with Crippen LogP contribution in [-0.4, -0.2) is 26.0 Å². The number of amidine groups is 1. The van der Waals surface area contributed by atoms with Gasteiger partial charge in [0.05, 0.1) is 25.6 Å². The predicted molar refractivity (Wildman–Crippen MR) is 61.3 cm³/mol. The number of hydrogen-bond acceptors (Lipinski definition) is 4. The van der Waals surface area contributed by atoms with Crippen LogP contribution in [0.4, 0.5) is 5.69 Å². The fourth-order valence-corrected chi connectivity index (χ4v) is 1.21. The molecule has 0 saturated carbocycles. The van der Waals surface area contributed by atoms with Gasteiger partial charge in [-0.15, -0.1) is 0 Å². The Kier molecular flexibility index (Phi) is 3.88. The maximum atomic E-state index is 11.3. The molecule has 5 nitrogen and oxygen atoms in total. The van der Waals surface area contributed by atoms with Gasteiger partial charge in [-0.2, -0.15) is 0 Å². The standard InChI is InChI=1S/C11H14N2O3/c1-7(12)13-9-6-8(11(14)16-3)4-5-10(9)15-2/h4-6H,1-3H3,(H2,12,13). The van der Waals surface area contributed by atoms with Crippen molar-refractivity contribution in [2.24, 2.45) is 10.7 Å². The molecule has 0 radical (unpaired) electrons. The van der Waals surface area contributed by atoms with Crippen LogP contribution >= 0.6 is 0 Å². The summed E-state index contributed by atoms with van der Waals surface area (Å²) in [5.41, 5.74) is 6.40. The summed E-state index contributed by atoms with van der Waals surface area (Å²) in [7, 11) is 2.85. The number of methoxy groups -OCH3 is 2. The van der Waals surface area contributed by atoms with Gasteiger partial charge in [0.25, 0.3) is 0 Å². The minimum Gasteiger partial charge on any atom is -0.494 e. The van der Waals surface area contributed by atoms with Crippen molar-refractivity contribution in [3.8, 4) is 5.75 Å². The van der Waals surface area contributed by atoms with Crippen LogP contribution in [0.25, 0.3) is 0 Å². The lowest BCUT2D eigenvalue weighted by atomic mass is 10.2. The molecule has 0 heterocycles. The van der Waals surface area contributed by atoms with Crippen LogP contribution in [-0.2, 0) is 4.74 Å². The van der Waals surface area contributed by atoms with Gasteiger partial charge in [-0.1, -0.05) is 0 Å². The van der Waals surface area contributed by atoms with Crippen molar-refractivity contribution in [2.75, 3.05) is 14.2 Å². The monoisotopic (exact) mass is 222 g/mol. The molecule has 0 aliphatic heterocycles. The molecule has 0 unspecified atom stereocenters. The fraction of sp³-hybridized carbons (Fsp3) is 0.273. The van der Waals surface area contributed by atoms with Crippen molar-refractivity contribution in [3.63, 3.8) is 0 Å². The molecule has 0 aliphatic rings. The zero-order valence-corrected chi connectivity index (χ0v) is 9.48. The Balaban J connectivity index is 3.21. The van der Waals surface area contributed by atoms with Gasteiger partial charge in [-0.05, 0) is 25.1 Å². The van der Waals surface area contributed by atoms with Crippen molar-refractivity contribution < 1.29 is 14.3 Å². The second-order valence-corrected chi connectivity index (χ2v) is 3.13. The summed E-state index contributed by atoms with van der Waals surface area (Å²) in [4.78, 5) is 15.4. The second kappa shape index (κ2) is 5.16. The molecule has 0 fully saturated rings. The van der Waals surface area contributed by atoms with Gasteiger partial charge in [-0.25, -0.2) is 9.79 Å². The molecule has 0 amide bonds. The van der Waals surface area contributed by atoms with E-state index in [2.05, 4.69) is 9.73 Å². The van der Waals surface area contributed by atoms with E-state index in [0.717, 1.165) is 0 Å². The molecule has 0 spiro atoms. The highest BCUT2D eigenvalue weighted by Gasteiger charge is 2.09. The first-order chi connectivity index (χ1) is 7.58. The third-order valence-corrected chi connectivity index (χ3v) is 1.90. The Hall–Kier alpha value is -2.04. The Morgan fingerprint density at radius 2 is 2.06 bits per heavy atom. The highest BCUT2D eigenvalue weighted by atomic mass is 16.5. The van der Waals surface area contributed by atoms with Gasteiger partial charge in [0.1, 0.15) is 11.4 Å². The number of esters is 1. The van der Waals surface area contributed by atoms with Crippen molar-refractivity contribution in [1.29, 1.82) is 0 Å². The highest BCUT2D eigenvalue weighted by Crippen LogP contribution is 2.28. The Bertz CT molecular complexity index is 423. The third-order valence-electron chi connectivity index (χ3n) is 1.90. The molecule has 1 rings (SSSR count). The van der Waals surface area contributed by atoms with Crippen molar-refractivity contribution in [3.05, 3.63) is 23.8 Å². The summed E-state index contributed by atoms with van der Waals surface area (Å²) >= 11 is 0. The number of rotatable bonds is 3. The van der Waals surface area contributed by atoms with E-state index in [4.69, 9.17) is 10.5 Å². The first-order valence-corrected chi connectivity index (χ1v) is 4.65. The van der Waals surface area contributed by atoms with Gasteiger partial charge in [0.2, 0.25) is 0 Å². The topological polar surface area (TPSA) is 73.9 Å². The molecule has 0 bridgehead atoms. The first kappa shape index (κ1) is 12.0. The van der Waals surface area contributed by atoms with Crippen molar-refractivity contribution in [2.45, 2.75) is 6.92 Å². The van der Waals surface area contributed by atoms with Crippen LogP contribution in [0.15, 0.2) is 23.2 Å². The van der Waals surface area contributed by atoms with E-state index in [1.165, 1.54) is 14.2 Å². The van der Waals surface area contributed by atoms with E-state index in [-0.39, 0.29) is 0 Å². The predicted octanol–water partition coefficient (Wildman–Crippen LogP) is 1.49. The van der Waals surface area contributed by atoms with E-state index < -0.39 is 5.97 Å². The smallest absolute Gasteiger partial charge is 0.337 e. The number of ether oxygens (including phenoxy) is 2. The summed E-state index contributed by atoms with van der Waals surface area (Å²) in [5, 5.41) is 0. The number of benzene rings is 1. The minimum atomic E-state index is -0.422. The van der Waals surface area contributed by atoms with Crippen LogP contribution in [0, 0.1) is 0 Å². The van der Waals surface area contributed by atoms with Gasteiger partial charge in [0.15, 0.2) is 0 Å². The van der Waals surface area contributed by atoms with Crippen LogP contribution in [0.1, 0.15) is 17.3 Å². The quantitative estimate of drug-likeness (QED) is 0.477. The lowest BCUT2D eigenvalue weighted by Gasteiger charge is -2.06. The lowest BCUT2D eigenvalue weighted by molar-refractivity contribution is 0.0600. The molecule has 86 valence electrons. The average Bonchev–Trinajstić information content (AvgIpc) is 2.27. The van der Waals surface area contributed by atoms with Crippen molar-refractivity contribution in [1.82, 2.24) is 0 Å². The van der Waals surface area contributed by atoms with E-state index in [1.807, 2.05) is 0 Å². The molecule has 5 heteroatoms. The summed E-state index contributed by atoms with van der Waals surface area (Å²) in [6.07, 6.45) is 0. The van der Waals surface area contributed by atoms with Crippen LogP contribution < -0.4 is 10.5 Å². The Morgan fingerprint density at radius 3 is 2.56 bits per heavy atom. The van der Waals surface area contributed by atoms with Crippen LogP contribution in [0.5, 0.6) is 5.75 Å². The zero-order chi connectivity index (χ0) is 12.1. The van der Waals surface area contributed by atoms with Crippen LogP contribution in [0.2, 0.25) is 0 Å². The van der Waals surface area contributed by atoms with Gasteiger partial charge in [-0.3, -0.25) is 0 Å². The van der Waals surface area contributed by atoms with E-state index >= 15 is 0 Å². The molecule has 1 aromatic carbocycles. The normalized spacial score (nSPS) is 11.1. The van der Waals surface area contributed by atoms with Crippen molar-refractivity contribution >= 4 is 17.5 Å². The van der Waals surface area contributed by atoms with E-state index in [1.54, 1.807) is 25.1 Å². The van der Waals surface area contributed by atoms with Gasteiger partial charge < -0.3 is 15.2 Å². The molecule has 2 N–H and O–H groups in total. The molecule has 16 heavy (non-hydrogen) atoms. The van der Waals surface area contributed by atoms with Gasteiger partial charge >= 0.3 is 5.97 Å². The minimum absolute atomic E-state index is 0.389. The highest BCUT2D eigenvalue weighted by molar-refractivity contribution is 5.91. The number of nitrogens with two attached hydrogens (primary N) is 1. The molecule has 0 aliphatic carbocycles. The van der Waals surface area contributed by atoms with Gasteiger partial charge in [0, 0.05) is 0 Å². The molecular weight excluding hydrogens is 208 g/mol. The molecule has 0 aromatic heterocycles. The van der Waals surface area contributed by atoms with Crippen LogP contribution in [0.3, 0.4) is 0 Å². The molecule has 1 aromatic rings.